The van der Waals surface area contributed by atoms with Gasteiger partial charge in [0.1, 0.15) is 10.8 Å². The van der Waals surface area contributed by atoms with E-state index < -0.39 is 5.82 Å². The molecule has 0 spiro atoms. The van der Waals surface area contributed by atoms with Gasteiger partial charge < -0.3 is 5.32 Å². The van der Waals surface area contributed by atoms with Gasteiger partial charge in [-0.15, -0.1) is 11.3 Å². The SMILES string of the molecule is Cc1nc(-c2ccc(F)c(Cl)c2)sc1CNCC(C)C. The first kappa shape index (κ1) is 15.4. The molecule has 108 valence electrons. The molecule has 0 aliphatic carbocycles. The van der Waals surface area contributed by atoms with E-state index in [0.29, 0.717) is 5.92 Å². The van der Waals surface area contributed by atoms with Gasteiger partial charge in [-0.1, -0.05) is 25.4 Å². The number of benzene rings is 1. The lowest BCUT2D eigenvalue weighted by Crippen LogP contribution is -2.18. The van der Waals surface area contributed by atoms with E-state index in [9.17, 15) is 4.39 Å². The van der Waals surface area contributed by atoms with Crippen LogP contribution in [0.4, 0.5) is 4.39 Å². The fourth-order valence-electron chi connectivity index (χ4n) is 1.82. The predicted octanol–water partition coefficient (Wildman–Crippen LogP) is 4.66. The van der Waals surface area contributed by atoms with Gasteiger partial charge in [0, 0.05) is 17.0 Å². The van der Waals surface area contributed by atoms with Crippen molar-refractivity contribution in [1.29, 1.82) is 0 Å². The third kappa shape index (κ3) is 3.78. The van der Waals surface area contributed by atoms with Crippen molar-refractivity contribution in [1.82, 2.24) is 10.3 Å². The summed E-state index contributed by atoms with van der Waals surface area (Å²) in [5, 5.41) is 4.43. The quantitative estimate of drug-likeness (QED) is 0.868. The second kappa shape index (κ2) is 6.66. The molecule has 20 heavy (non-hydrogen) atoms. The molecule has 0 amide bonds. The summed E-state index contributed by atoms with van der Waals surface area (Å²) in [6, 6.07) is 4.72. The van der Waals surface area contributed by atoms with E-state index in [0.717, 1.165) is 29.4 Å². The molecule has 2 nitrogen and oxygen atoms in total. The molecule has 0 aliphatic rings. The third-order valence-corrected chi connectivity index (χ3v) is 4.39. The Balaban J connectivity index is 2.15. The van der Waals surface area contributed by atoms with Crippen molar-refractivity contribution < 1.29 is 4.39 Å². The lowest BCUT2D eigenvalue weighted by atomic mass is 10.2. The van der Waals surface area contributed by atoms with Crippen LogP contribution >= 0.6 is 22.9 Å². The van der Waals surface area contributed by atoms with E-state index in [1.165, 1.54) is 10.9 Å². The van der Waals surface area contributed by atoms with E-state index in [1.807, 2.05) is 6.92 Å². The van der Waals surface area contributed by atoms with Gasteiger partial charge in [0.25, 0.3) is 0 Å². The minimum Gasteiger partial charge on any atom is -0.312 e. The molecule has 5 heteroatoms. The smallest absolute Gasteiger partial charge is 0.141 e. The first-order chi connectivity index (χ1) is 9.47. The lowest BCUT2D eigenvalue weighted by Gasteiger charge is -2.05. The number of aromatic nitrogens is 1. The van der Waals surface area contributed by atoms with Crippen molar-refractivity contribution in [2.24, 2.45) is 5.92 Å². The van der Waals surface area contributed by atoms with E-state index in [-0.39, 0.29) is 5.02 Å². The molecule has 1 aromatic carbocycles. The van der Waals surface area contributed by atoms with E-state index in [2.05, 4.69) is 24.1 Å². The maximum absolute atomic E-state index is 13.2. The summed E-state index contributed by atoms with van der Waals surface area (Å²) in [5.41, 5.74) is 1.88. The van der Waals surface area contributed by atoms with E-state index in [1.54, 1.807) is 23.5 Å². The van der Waals surface area contributed by atoms with Crippen molar-refractivity contribution in [2.45, 2.75) is 27.3 Å². The summed E-state index contributed by atoms with van der Waals surface area (Å²) >= 11 is 7.44. The average molecular weight is 313 g/mol. The number of hydrogen-bond donors (Lipinski definition) is 1. The summed E-state index contributed by atoms with van der Waals surface area (Å²) in [4.78, 5) is 5.76. The van der Waals surface area contributed by atoms with Gasteiger partial charge in [-0.2, -0.15) is 0 Å². The Morgan fingerprint density at radius 3 is 2.80 bits per heavy atom. The molecule has 2 aromatic rings. The van der Waals surface area contributed by atoms with Crippen molar-refractivity contribution in [3.8, 4) is 10.6 Å². The molecule has 0 bridgehead atoms. The normalized spacial score (nSPS) is 11.3. The Bertz CT molecular complexity index is 596. The molecule has 2 rings (SSSR count). The number of thiazole rings is 1. The predicted molar refractivity (Wildman–Crippen MR) is 83.8 cm³/mol. The molecule has 0 radical (unpaired) electrons. The third-order valence-electron chi connectivity index (χ3n) is 2.90. The minimum atomic E-state index is -0.400. The minimum absolute atomic E-state index is 0.134. The highest BCUT2D eigenvalue weighted by molar-refractivity contribution is 7.15. The van der Waals surface area contributed by atoms with Crippen LogP contribution in [0.25, 0.3) is 10.6 Å². The molecular formula is C15H18ClFN2S. The van der Waals surface area contributed by atoms with Crippen LogP contribution in [0.5, 0.6) is 0 Å². The van der Waals surface area contributed by atoms with E-state index in [4.69, 9.17) is 11.6 Å². The number of aryl methyl sites for hydroxylation is 1. The van der Waals surface area contributed by atoms with Crippen LogP contribution in [0.15, 0.2) is 18.2 Å². The van der Waals surface area contributed by atoms with Crippen LogP contribution < -0.4 is 5.32 Å². The van der Waals surface area contributed by atoms with Crippen LogP contribution in [0, 0.1) is 18.7 Å². The second-order valence-corrected chi connectivity index (χ2v) is 6.67. The van der Waals surface area contributed by atoms with E-state index >= 15 is 0 Å². The molecule has 0 unspecified atom stereocenters. The summed E-state index contributed by atoms with van der Waals surface area (Å²) < 4.78 is 13.2. The molecular weight excluding hydrogens is 295 g/mol. The Morgan fingerprint density at radius 2 is 2.15 bits per heavy atom. The van der Waals surface area contributed by atoms with Crippen LogP contribution in [-0.2, 0) is 6.54 Å². The molecule has 1 heterocycles. The van der Waals surface area contributed by atoms with Gasteiger partial charge in [0.15, 0.2) is 0 Å². The summed E-state index contributed by atoms with van der Waals surface area (Å²) in [5.74, 6) is 0.223. The topological polar surface area (TPSA) is 24.9 Å². The van der Waals surface area contributed by atoms with Crippen molar-refractivity contribution >= 4 is 22.9 Å². The number of nitrogens with one attached hydrogen (secondary N) is 1. The largest absolute Gasteiger partial charge is 0.312 e. The van der Waals surface area contributed by atoms with Crippen molar-refractivity contribution in [3.63, 3.8) is 0 Å². The van der Waals surface area contributed by atoms with Gasteiger partial charge >= 0.3 is 0 Å². The molecule has 1 aromatic heterocycles. The van der Waals surface area contributed by atoms with Gasteiger partial charge in [0.2, 0.25) is 0 Å². The lowest BCUT2D eigenvalue weighted by molar-refractivity contribution is 0.554. The maximum Gasteiger partial charge on any atom is 0.141 e. The number of nitrogens with zero attached hydrogens (tertiary/aromatic N) is 1. The zero-order valence-corrected chi connectivity index (χ0v) is 13.4. The van der Waals surface area contributed by atoms with Crippen molar-refractivity contribution in [3.05, 3.63) is 39.6 Å². The first-order valence-corrected chi connectivity index (χ1v) is 7.79. The average Bonchev–Trinajstić information content (AvgIpc) is 2.74. The molecule has 0 saturated heterocycles. The van der Waals surface area contributed by atoms with Gasteiger partial charge in [-0.05, 0) is 37.6 Å². The maximum atomic E-state index is 13.2. The molecule has 0 fully saturated rings. The van der Waals surface area contributed by atoms with Gasteiger partial charge in [0.05, 0.1) is 10.7 Å². The highest BCUT2D eigenvalue weighted by Crippen LogP contribution is 2.30. The Labute approximate surface area is 128 Å². The highest BCUT2D eigenvalue weighted by Gasteiger charge is 2.11. The zero-order chi connectivity index (χ0) is 14.7. The Morgan fingerprint density at radius 1 is 1.40 bits per heavy atom. The number of hydrogen-bond acceptors (Lipinski definition) is 3. The summed E-state index contributed by atoms with van der Waals surface area (Å²) in [6.45, 7) is 8.15. The van der Waals surface area contributed by atoms with Crippen LogP contribution in [-0.4, -0.2) is 11.5 Å². The fraction of sp³-hybridized carbons (Fsp3) is 0.400. The van der Waals surface area contributed by atoms with Crippen LogP contribution in [0.3, 0.4) is 0 Å². The monoisotopic (exact) mass is 312 g/mol. The summed E-state index contributed by atoms with van der Waals surface area (Å²) in [6.07, 6.45) is 0. The second-order valence-electron chi connectivity index (χ2n) is 5.18. The highest BCUT2D eigenvalue weighted by atomic mass is 35.5. The molecule has 0 saturated carbocycles. The zero-order valence-electron chi connectivity index (χ0n) is 11.8. The Kier molecular flexibility index (Phi) is 5.13. The molecule has 0 atom stereocenters. The molecule has 0 aliphatic heterocycles. The first-order valence-electron chi connectivity index (χ1n) is 6.60. The summed E-state index contributed by atoms with van der Waals surface area (Å²) in [7, 11) is 0. The number of halogens is 2. The van der Waals surface area contributed by atoms with Gasteiger partial charge in [-0.25, -0.2) is 9.37 Å². The van der Waals surface area contributed by atoms with Crippen LogP contribution in [0.1, 0.15) is 24.4 Å². The fourth-order valence-corrected chi connectivity index (χ4v) is 3.03. The Hall–Kier alpha value is -0.970. The number of rotatable bonds is 5. The van der Waals surface area contributed by atoms with Crippen LogP contribution in [0.2, 0.25) is 5.02 Å². The standard InChI is InChI=1S/C15H18ClFN2S/c1-9(2)7-18-8-14-10(3)19-15(20-14)11-4-5-13(17)12(16)6-11/h4-6,9,18H,7-8H2,1-3H3. The molecule has 1 N–H and O–H groups in total. The van der Waals surface area contributed by atoms with Gasteiger partial charge in [-0.3, -0.25) is 0 Å². The van der Waals surface area contributed by atoms with Crippen molar-refractivity contribution in [2.75, 3.05) is 6.54 Å².